The molecule has 0 aromatic heterocycles. The van der Waals surface area contributed by atoms with Crippen LogP contribution in [-0.2, 0) is 9.53 Å². The molecule has 1 rings (SSSR count). The molecule has 110 valence electrons. The van der Waals surface area contributed by atoms with Crippen molar-refractivity contribution in [3.05, 3.63) is 29.8 Å². The van der Waals surface area contributed by atoms with Crippen molar-refractivity contribution in [3.63, 3.8) is 0 Å². The Kier molecular flexibility index (Phi) is 6.03. The van der Waals surface area contributed by atoms with E-state index in [0.29, 0.717) is 12.1 Å². The first-order valence-corrected chi connectivity index (χ1v) is 6.64. The minimum Gasteiger partial charge on any atom is -0.467 e. The van der Waals surface area contributed by atoms with Gasteiger partial charge in [-0.25, -0.2) is 9.59 Å². The molecule has 1 unspecified atom stereocenters. The molecule has 1 atom stereocenters. The first-order chi connectivity index (χ1) is 9.42. The molecule has 0 aliphatic rings. The molecule has 0 saturated carbocycles. The molecule has 0 aliphatic heterocycles. The summed E-state index contributed by atoms with van der Waals surface area (Å²) in [6, 6.07) is 6.38. The van der Waals surface area contributed by atoms with Crippen LogP contribution in [0.3, 0.4) is 0 Å². The maximum atomic E-state index is 11.9. The number of ether oxygens (including phenoxy) is 1. The summed E-state index contributed by atoms with van der Waals surface area (Å²) < 4.78 is 4.70. The molecule has 20 heavy (non-hydrogen) atoms. The normalized spacial score (nSPS) is 11.8. The molecule has 2 amide bonds. The lowest BCUT2D eigenvalue weighted by molar-refractivity contribution is -0.143. The zero-order valence-electron chi connectivity index (χ0n) is 12.4. The quantitative estimate of drug-likeness (QED) is 0.814. The van der Waals surface area contributed by atoms with Gasteiger partial charge < -0.3 is 15.4 Å². The molecule has 0 aliphatic carbocycles. The van der Waals surface area contributed by atoms with Crippen molar-refractivity contribution in [2.24, 2.45) is 5.92 Å². The van der Waals surface area contributed by atoms with Crippen LogP contribution < -0.4 is 10.6 Å². The lowest BCUT2D eigenvalue weighted by Crippen LogP contribution is -2.44. The molecule has 0 bridgehead atoms. The molecule has 5 nitrogen and oxygen atoms in total. The van der Waals surface area contributed by atoms with Crippen LogP contribution in [0.5, 0.6) is 0 Å². The van der Waals surface area contributed by atoms with Gasteiger partial charge in [0.05, 0.1) is 7.11 Å². The van der Waals surface area contributed by atoms with Gasteiger partial charge in [-0.1, -0.05) is 31.5 Å². The molecule has 0 spiro atoms. The predicted molar refractivity (Wildman–Crippen MR) is 78.6 cm³/mol. The largest absolute Gasteiger partial charge is 0.467 e. The average molecular weight is 278 g/mol. The van der Waals surface area contributed by atoms with Crippen LogP contribution in [0, 0.1) is 12.8 Å². The fourth-order valence-electron chi connectivity index (χ4n) is 1.79. The third-order valence-corrected chi connectivity index (χ3v) is 2.81. The monoisotopic (exact) mass is 278 g/mol. The lowest BCUT2D eigenvalue weighted by Gasteiger charge is -2.18. The highest BCUT2D eigenvalue weighted by Gasteiger charge is 2.22. The number of urea groups is 1. The fourth-order valence-corrected chi connectivity index (χ4v) is 1.79. The number of benzene rings is 1. The first-order valence-electron chi connectivity index (χ1n) is 6.64. The van der Waals surface area contributed by atoms with Gasteiger partial charge in [-0.15, -0.1) is 0 Å². The SMILES string of the molecule is COC(=O)C(CC(C)C)NC(=O)Nc1ccc(C)cc1. The van der Waals surface area contributed by atoms with Crippen LogP contribution >= 0.6 is 0 Å². The van der Waals surface area contributed by atoms with E-state index in [0.717, 1.165) is 5.56 Å². The van der Waals surface area contributed by atoms with E-state index in [9.17, 15) is 9.59 Å². The first kappa shape index (κ1) is 16.0. The minimum absolute atomic E-state index is 0.277. The van der Waals surface area contributed by atoms with Crippen LogP contribution in [0.25, 0.3) is 0 Å². The number of esters is 1. The van der Waals surface area contributed by atoms with Gasteiger partial charge in [0.25, 0.3) is 0 Å². The number of carbonyl (C=O) groups is 2. The number of hydrogen-bond acceptors (Lipinski definition) is 3. The highest BCUT2D eigenvalue weighted by atomic mass is 16.5. The average Bonchev–Trinajstić information content (AvgIpc) is 2.39. The lowest BCUT2D eigenvalue weighted by atomic mass is 10.0. The summed E-state index contributed by atoms with van der Waals surface area (Å²) in [7, 11) is 1.31. The summed E-state index contributed by atoms with van der Waals surface area (Å²) in [6.07, 6.45) is 0.536. The molecule has 5 heteroatoms. The summed E-state index contributed by atoms with van der Waals surface area (Å²) in [4.78, 5) is 23.5. The zero-order chi connectivity index (χ0) is 15.1. The summed E-state index contributed by atoms with van der Waals surface area (Å²) in [5.41, 5.74) is 1.80. The standard InChI is InChI=1S/C15H22N2O3/c1-10(2)9-13(14(18)20-4)17-15(19)16-12-7-5-11(3)6-8-12/h5-8,10,13H,9H2,1-4H3,(H2,16,17,19). The number of hydrogen-bond donors (Lipinski definition) is 2. The van der Waals surface area contributed by atoms with Crippen molar-refractivity contribution in [1.29, 1.82) is 0 Å². The van der Waals surface area contributed by atoms with E-state index in [1.54, 1.807) is 0 Å². The van der Waals surface area contributed by atoms with Gasteiger partial charge in [0.2, 0.25) is 0 Å². The van der Waals surface area contributed by atoms with E-state index in [1.165, 1.54) is 7.11 Å². The van der Waals surface area contributed by atoms with Crippen LogP contribution in [0.1, 0.15) is 25.8 Å². The Morgan fingerprint density at radius 3 is 2.30 bits per heavy atom. The van der Waals surface area contributed by atoms with Gasteiger partial charge in [0.1, 0.15) is 6.04 Å². The third-order valence-electron chi connectivity index (χ3n) is 2.81. The van der Waals surface area contributed by atoms with Crippen molar-refractivity contribution in [2.45, 2.75) is 33.2 Å². The number of anilines is 1. The molecular weight excluding hydrogens is 256 g/mol. The van der Waals surface area contributed by atoms with E-state index in [4.69, 9.17) is 4.74 Å². The Morgan fingerprint density at radius 2 is 1.80 bits per heavy atom. The van der Waals surface area contributed by atoms with Crippen molar-refractivity contribution < 1.29 is 14.3 Å². The van der Waals surface area contributed by atoms with Crippen molar-refractivity contribution >= 4 is 17.7 Å². The molecule has 1 aromatic rings. The molecule has 1 aromatic carbocycles. The number of rotatable bonds is 5. The Morgan fingerprint density at radius 1 is 1.20 bits per heavy atom. The third kappa shape index (κ3) is 5.30. The highest BCUT2D eigenvalue weighted by Crippen LogP contribution is 2.10. The zero-order valence-corrected chi connectivity index (χ0v) is 12.4. The van der Waals surface area contributed by atoms with Gasteiger partial charge in [-0.3, -0.25) is 0 Å². The van der Waals surface area contributed by atoms with Crippen LogP contribution in [0.15, 0.2) is 24.3 Å². The van der Waals surface area contributed by atoms with E-state index in [2.05, 4.69) is 10.6 Å². The van der Waals surface area contributed by atoms with Crippen LogP contribution in [0.4, 0.5) is 10.5 Å². The van der Waals surface area contributed by atoms with E-state index in [-0.39, 0.29) is 5.92 Å². The van der Waals surface area contributed by atoms with Gasteiger partial charge >= 0.3 is 12.0 Å². The number of methoxy groups -OCH3 is 1. The number of nitrogens with one attached hydrogen (secondary N) is 2. The second kappa shape index (κ2) is 7.53. The topological polar surface area (TPSA) is 67.4 Å². The molecule has 2 N–H and O–H groups in total. The molecule has 0 heterocycles. The van der Waals surface area contributed by atoms with Crippen molar-refractivity contribution in [3.8, 4) is 0 Å². The summed E-state index contributed by atoms with van der Waals surface area (Å²) in [6.45, 7) is 5.94. The van der Waals surface area contributed by atoms with Gasteiger partial charge in [0.15, 0.2) is 0 Å². The molecule has 0 radical (unpaired) electrons. The van der Waals surface area contributed by atoms with Crippen molar-refractivity contribution in [1.82, 2.24) is 5.32 Å². The Labute approximate surface area is 119 Å². The van der Waals surface area contributed by atoms with Crippen LogP contribution in [0.2, 0.25) is 0 Å². The predicted octanol–water partition coefficient (Wildman–Crippen LogP) is 2.70. The minimum atomic E-state index is -0.634. The molecule has 0 saturated heterocycles. The Balaban J connectivity index is 2.61. The maximum Gasteiger partial charge on any atom is 0.328 e. The van der Waals surface area contributed by atoms with Gasteiger partial charge in [0, 0.05) is 5.69 Å². The van der Waals surface area contributed by atoms with Crippen LogP contribution in [-0.4, -0.2) is 25.2 Å². The summed E-state index contributed by atoms with van der Waals surface area (Å²) in [5, 5.41) is 5.33. The smallest absolute Gasteiger partial charge is 0.328 e. The Bertz CT molecular complexity index is 455. The Hall–Kier alpha value is -2.04. The fraction of sp³-hybridized carbons (Fsp3) is 0.467. The van der Waals surface area contributed by atoms with E-state index >= 15 is 0 Å². The maximum absolute atomic E-state index is 11.9. The number of amides is 2. The molecular formula is C15H22N2O3. The number of aryl methyl sites for hydroxylation is 1. The number of carbonyl (C=O) groups excluding carboxylic acids is 2. The highest BCUT2D eigenvalue weighted by molar-refractivity contribution is 5.92. The second-order valence-electron chi connectivity index (χ2n) is 5.17. The van der Waals surface area contributed by atoms with Gasteiger partial charge in [-0.05, 0) is 31.4 Å². The van der Waals surface area contributed by atoms with E-state index in [1.807, 2.05) is 45.0 Å². The molecule has 0 fully saturated rings. The van der Waals surface area contributed by atoms with Crippen molar-refractivity contribution in [2.75, 3.05) is 12.4 Å². The second-order valence-corrected chi connectivity index (χ2v) is 5.17. The van der Waals surface area contributed by atoms with E-state index < -0.39 is 18.0 Å². The summed E-state index contributed by atoms with van der Waals surface area (Å²) >= 11 is 0. The summed E-state index contributed by atoms with van der Waals surface area (Å²) in [5.74, 6) is -0.156. The van der Waals surface area contributed by atoms with Gasteiger partial charge in [-0.2, -0.15) is 0 Å².